The van der Waals surface area contributed by atoms with Crippen LogP contribution in [0.4, 0.5) is 17.3 Å². The van der Waals surface area contributed by atoms with Crippen LogP contribution in [0.5, 0.6) is 0 Å². The Labute approximate surface area is 179 Å². The summed E-state index contributed by atoms with van der Waals surface area (Å²) in [5, 5.41) is 16.9. The second-order valence-corrected chi connectivity index (χ2v) is 7.46. The molecule has 1 N–H and O–H groups in total. The highest BCUT2D eigenvalue weighted by molar-refractivity contribution is 5.95. The van der Waals surface area contributed by atoms with Crippen molar-refractivity contribution in [3.8, 4) is 17.5 Å². The first kappa shape index (κ1) is 18.9. The van der Waals surface area contributed by atoms with E-state index in [-0.39, 0.29) is 5.91 Å². The van der Waals surface area contributed by atoms with Crippen LogP contribution in [0.15, 0.2) is 60.9 Å². The summed E-state index contributed by atoms with van der Waals surface area (Å²) in [5.74, 6) is 0.621. The number of nitriles is 1. The molecule has 4 aromatic rings. The Kier molecular flexibility index (Phi) is 4.84. The molecule has 0 spiro atoms. The molecular formula is C23H21N7O. The summed E-state index contributed by atoms with van der Waals surface area (Å²) in [6.45, 7) is 1.38. The van der Waals surface area contributed by atoms with Crippen molar-refractivity contribution in [1.82, 2.24) is 19.2 Å². The van der Waals surface area contributed by atoms with E-state index in [4.69, 9.17) is 5.26 Å². The van der Waals surface area contributed by atoms with Gasteiger partial charge in [-0.05, 0) is 48.9 Å². The van der Waals surface area contributed by atoms with Crippen LogP contribution < -0.4 is 10.2 Å². The zero-order valence-electron chi connectivity index (χ0n) is 16.9. The van der Waals surface area contributed by atoms with E-state index >= 15 is 0 Å². The number of nitrogens with one attached hydrogen (secondary N) is 1. The monoisotopic (exact) mass is 411 g/mol. The number of carbonyl (C=O) groups excluding carboxylic acids is 1. The van der Waals surface area contributed by atoms with Crippen molar-refractivity contribution in [2.45, 2.75) is 25.8 Å². The largest absolute Gasteiger partial charge is 0.345 e. The van der Waals surface area contributed by atoms with E-state index in [0.717, 1.165) is 41.2 Å². The molecule has 0 radical (unpaired) electrons. The molecule has 8 nitrogen and oxygen atoms in total. The number of hydrogen-bond acceptors (Lipinski definition) is 5. The summed E-state index contributed by atoms with van der Waals surface area (Å²) in [5.41, 5.74) is 4.51. The van der Waals surface area contributed by atoms with E-state index < -0.39 is 0 Å². The maximum atomic E-state index is 12.1. The average Bonchev–Trinajstić information content (AvgIpc) is 3.51. The molecule has 0 atom stereocenters. The number of hydrogen-bond donors (Lipinski definition) is 1. The van der Waals surface area contributed by atoms with Crippen LogP contribution in [0.3, 0.4) is 0 Å². The van der Waals surface area contributed by atoms with Gasteiger partial charge in [-0.25, -0.2) is 9.50 Å². The number of aromatic nitrogens is 4. The molecule has 1 saturated heterocycles. The quantitative estimate of drug-likeness (QED) is 0.518. The van der Waals surface area contributed by atoms with Gasteiger partial charge in [0.1, 0.15) is 0 Å². The second kappa shape index (κ2) is 7.95. The van der Waals surface area contributed by atoms with E-state index in [1.165, 1.54) is 0 Å². The Hall–Kier alpha value is -4.12. The van der Waals surface area contributed by atoms with Crippen LogP contribution in [0.1, 0.15) is 19.3 Å². The molecule has 31 heavy (non-hydrogen) atoms. The van der Waals surface area contributed by atoms with E-state index in [9.17, 15) is 4.79 Å². The van der Waals surface area contributed by atoms with Crippen molar-refractivity contribution in [2.75, 3.05) is 16.8 Å². The number of aryl methyl sites for hydroxylation is 1. The van der Waals surface area contributed by atoms with Crippen LogP contribution in [0.2, 0.25) is 0 Å². The smallest absolute Gasteiger partial charge is 0.245 e. The Balaban J connectivity index is 1.45. The van der Waals surface area contributed by atoms with Gasteiger partial charge in [-0.2, -0.15) is 5.26 Å². The summed E-state index contributed by atoms with van der Waals surface area (Å²) < 4.78 is 3.90. The van der Waals surface area contributed by atoms with Crippen molar-refractivity contribution in [3.63, 3.8) is 0 Å². The number of fused-ring (bicyclic) bond motifs is 1. The van der Waals surface area contributed by atoms with Gasteiger partial charge in [-0.15, -0.1) is 5.10 Å². The molecule has 1 aliphatic heterocycles. The van der Waals surface area contributed by atoms with Crippen LogP contribution >= 0.6 is 0 Å². The van der Waals surface area contributed by atoms with Crippen molar-refractivity contribution < 1.29 is 4.79 Å². The van der Waals surface area contributed by atoms with Crippen molar-refractivity contribution in [1.29, 1.82) is 5.26 Å². The van der Waals surface area contributed by atoms with Crippen molar-refractivity contribution in [2.24, 2.45) is 0 Å². The summed E-state index contributed by atoms with van der Waals surface area (Å²) in [6.07, 6.45) is 5.68. The zero-order chi connectivity index (χ0) is 21.2. The molecular weight excluding hydrogens is 390 g/mol. The zero-order valence-corrected chi connectivity index (χ0v) is 16.9. The highest BCUT2D eigenvalue weighted by Gasteiger charge is 2.21. The Morgan fingerprint density at radius 2 is 2.06 bits per heavy atom. The first-order valence-electron chi connectivity index (χ1n) is 10.3. The molecule has 5 rings (SSSR count). The lowest BCUT2D eigenvalue weighted by Crippen LogP contribution is -2.23. The molecule has 0 aliphatic carbocycles. The molecule has 1 aromatic carbocycles. The second-order valence-electron chi connectivity index (χ2n) is 7.46. The van der Waals surface area contributed by atoms with Gasteiger partial charge >= 0.3 is 0 Å². The van der Waals surface area contributed by atoms with Gasteiger partial charge in [0.15, 0.2) is 0 Å². The molecule has 0 unspecified atom stereocenters. The van der Waals surface area contributed by atoms with Gasteiger partial charge in [-0.3, -0.25) is 4.79 Å². The Morgan fingerprint density at radius 1 is 1.13 bits per heavy atom. The molecule has 0 bridgehead atoms. The number of nitrogens with zero attached hydrogens (tertiary/aromatic N) is 6. The Morgan fingerprint density at radius 3 is 2.90 bits per heavy atom. The summed E-state index contributed by atoms with van der Waals surface area (Å²) in [4.78, 5) is 18.3. The lowest BCUT2D eigenvalue weighted by molar-refractivity contribution is -0.117. The van der Waals surface area contributed by atoms with E-state index in [2.05, 4.69) is 26.0 Å². The normalized spacial score (nSPS) is 13.6. The summed E-state index contributed by atoms with van der Waals surface area (Å²) in [6, 6.07) is 17.9. The lowest BCUT2D eigenvalue weighted by atomic mass is 10.2. The predicted octanol–water partition coefficient (Wildman–Crippen LogP) is 3.98. The van der Waals surface area contributed by atoms with Crippen molar-refractivity contribution >= 4 is 28.7 Å². The number of anilines is 3. The third-order valence-electron chi connectivity index (χ3n) is 5.44. The van der Waals surface area contributed by atoms with Crippen LogP contribution in [0.25, 0.3) is 16.9 Å². The van der Waals surface area contributed by atoms with Gasteiger partial charge < -0.3 is 14.8 Å². The topological polar surface area (TPSA) is 91.2 Å². The number of carbonyl (C=O) groups is 1. The number of amides is 1. The molecule has 3 aromatic heterocycles. The fraction of sp³-hybridized carbons (Fsp3) is 0.217. The maximum Gasteiger partial charge on any atom is 0.245 e. The first-order chi connectivity index (χ1) is 15.2. The minimum atomic E-state index is 0.159. The standard InChI is InChI=1S/C23H21N7O/c24-11-4-13-28-12-2-7-20(28)21-10-9-19-16-25-23(27-30(19)21)26-17-5-1-6-18(15-17)29-14-3-8-22(29)31/h1-2,5-7,9-10,12,15-16H,3-4,8,13-14H2,(H,26,27). The van der Waals surface area contributed by atoms with Crippen molar-refractivity contribution in [3.05, 3.63) is 60.9 Å². The van der Waals surface area contributed by atoms with Gasteiger partial charge in [-0.1, -0.05) is 6.07 Å². The van der Waals surface area contributed by atoms with Crippen LogP contribution in [-0.4, -0.2) is 31.6 Å². The number of benzene rings is 1. The summed E-state index contributed by atoms with van der Waals surface area (Å²) >= 11 is 0. The number of rotatable bonds is 6. The fourth-order valence-corrected chi connectivity index (χ4v) is 3.97. The Bertz CT molecular complexity index is 1300. The first-order valence-corrected chi connectivity index (χ1v) is 10.3. The SMILES string of the molecule is N#CCCn1cccc1-c1ccc2cnc(Nc3cccc(N4CCCC4=O)c3)nn12. The van der Waals surface area contributed by atoms with Crippen LogP contribution in [-0.2, 0) is 11.3 Å². The molecule has 154 valence electrons. The van der Waals surface area contributed by atoms with Gasteiger partial charge in [0.25, 0.3) is 0 Å². The molecule has 8 heteroatoms. The average molecular weight is 411 g/mol. The highest BCUT2D eigenvalue weighted by Crippen LogP contribution is 2.26. The summed E-state index contributed by atoms with van der Waals surface area (Å²) in [7, 11) is 0. The van der Waals surface area contributed by atoms with Gasteiger partial charge in [0, 0.05) is 37.1 Å². The van der Waals surface area contributed by atoms with Gasteiger partial charge in [0.05, 0.1) is 35.6 Å². The van der Waals surface area contributed by atoms with Crippen LogP contribution in [0, 0.1) is 11.3 Å². The minimum Gasteiger partial charge on any atom is -0.345 e. The third kappa shape index (κ3) is 3.62. The lowest BCUT2D eigenvalue weighted by Gasteiger charge is -2.16. The minimum absolute atomic E-state index is 0.159. The van der Waals surface area contributed by atoms with Gasteiger partial charge in [0.2, 0.25) is 11.9 Å². The third-order valence-corrected chi connectivity index (χ3v) is 5.44. The molecule has 4 heterocycles. The maximum absolute atomic E-state index is 12.1. The van der Waals surface area contributed by atoms with E-state index in [1.54, 1.807) is 6.20 Å². The molecule has 1 aliphatic rings. The predicted molar refractivity (Wildman–Crippen MR) is 118 cm³/mol. The van der Waals surface area contributed by atoms with E-state index in [0.29, 0.717) is 25.3 Å². The highest BCUT2D eigenvalue weighted by atomic mass is 16.2. The molecule has 1 amide bonds. The van der Waals surface area contributed by atoms with E-state index in [1.807, 2.05) is 64.1 Å². The molecule has 1 fully saturated rings. The molecule has 0 saturated carbocycles. The fourth-order valence-electron chi connectivity index (χ4n) is 3.97.